The van der Waals surface area contributed by atoms with Crippen molar-refractivity contribution in [2.24, 2.45) is 5.73 Å². The Balaban J connectivity index is 1.84. The van der Waals surface area contributed by atoms with Crippen LogP contribution in [0, 0.1) is 6.92 Å². The first-order valence-electron chi connectivity index (χ1n) is 9.30. The fourth-order valence-electron chi connectivity index (χ4n) is 3.25. The molecule has 0 radical (unpaired) electrons. The number of aromatic nitrogens is 2. The van der Waals surface area contributed by atoms with Crippen molar-refractivity contribution in [3.05, 3.63) is 29.7 Å². The fourth-order valence-corrected chi connectivity index (χ4v) is 4.20. The maximum atomic E-state index is 13.4. The molecule has 0 aliphatic carbocycles. The molecular weight excluding hydrogens is 425 g/mol. The Morgan fingerprint density at radius 3 is 2.67 bits per heavy atom. The van der Waals surface area contributed by atoms with Crippen molar-refractivity contribution in [2.45, 2.75) is 51.2 Å². The number of aryl methyl sites for hydroxylation is 1. The first-order valence-corrected chi connectivity index (χ1v) is 10.1. The zero-order chi connectivity index (χ0) is 22.3. The van der Waals surface area contributed by atoms with Crippen LogP contribution in [-0.2, 0) is 10.2 Å². The molecule has 7 nitrogen and oxygen atoms in total. The van der Waals surface area contributed by atoms with Crippen LogP contribution in [0.15, 0.2) is 18.3 Å². The van der Waals surface area contributed by atoms with Crippen molar-refractivity contribution >= 4 is 28.4 Å². The monoisotopic (exact) mass is 447 g/mol. The second-order valence-electron chi connectivity index (χ2n) is 7.67. The normalized spacial score (nSPS) is 17.3. The van der Waals surface area contributed by atoms with Crippen molar-refractivity contribution in [3.8, 4) is 10.4 Å². The predicted octanol–water partition coefficient (Wildman–Crippen LogP) is 3.84. The van der Waals surface area contributed by atoms with Gasteiger partial charge in [-0.2, -0.15) is 13.2 Å². The molecule has 1 aliphatic heterocycles. The molecular formula is C19H22F3N5O2S. The molecule has 3 N–H and O–H groups in total. The van der Waals surface area contributed by atoms with E-state index in [1.54, 1.807) is 13.0 Å². The summed E-state index contributed by atoms with van der Waals surface area (Å²) in [5, 5.41) is 2.95. The number of nitrogens with zero attached hydrogens (tertiary/aromatic N) is 3. The standard InChI is InChI=1S/C19H22F3N5O2S/c1-10-14(11-6-7-24-13(9-11)18(2,3)19(20,21)22)30-16(25-10)26-17(29)27-8-4-5-12(27)15(23)28/h6-7,9,12H,4-5,8H2,1-3H3,(H2,23,28)(H,25,26,29)/t12-/m0/s1/i4+1,5+1,8+1,12+1,15+1,27+1. The number of pyridine rings is 1. The summed E-state index contributed by atoms with van der Waals surface area (Å²) < 4.78 is 40.1. The van der Waals surface area contributed by atoms with Crippen LogP contribution < -0.4 is 11.1 Å². The summed E-state index contributed by atoms with van der Waals surface area (Å²) in [6.45, 7) is 4.28. The third-order valence-electron chi connectivity index (χ3n) is 5.22. The number of hydrogen-bond acceptors (Lipinski definition) is 5. The van der Waals surface area contributed by atoms with Gasteiger partial charge in [-0.25, -0.2) is 9.78 Å². The number of likely N-dealkylation sites (tertiary alicyclic amines) is 1. The Labute approximate surface area is 175 Å². The number of nitrogens with two attached hydrogens (primary N) is 1. The molecule has 1 saturated heterocycles. The smallest absolute Gasteiger partial charge is 0.368 e. The zero-order valence-corrected chi connectivity index (χ0v) is 17.5. The van der Waals surface area contributed by atoms with Gasteiger partial charge in [0.15, 0.2) is 5.13 Å². The number of amides is 3. The number of halogens is 3. The minimum atomic E-state index is -4.45. The number of urea groups is 1. The van der Waals surface area contributed by atoms with E-state index in [1.165, 1.54) is 17.2 Å². The van der Waals surface area contributed by atoms with E-state index in [-0.39, 0.29) is 10.8 Å². The Hall–Kier alpha value is -2.69. The third-order valence-corrected chi connectivity index (χ3v) is 6.35. The Morgan fingerprint density at radius 1 is 1.33 bits per heavy atom. The van der Waals surface area contributed by atoms with E-state index < -0.39 is 29.6 Å². The first-order chi connectivity index (χ1) is 13.9. The average molecular weight is 447 g/mol. The maximum absolute atomic E-state index is 13.4. The van der Waals surface area contributed by atoms with Crippen molar-refractivity contribution < 1.29 is 22.8 Å². The van der Waals surface area contributed by atoms with Crippen molar-refractivity contribution in [2.75, 3.05) is 11.9 Å². The van der Waals surface area contributed by atoms with E-state index in [9.17, 15) is 22.8 Å². The minimum absolute atomic E-state index is 0.104. The fraction of sp³-hybridized carbons (Fsp3) is 0.474. The summed E-state index contributed by atoms with van der Waals surface area (Å²) in [5.41, 5.74) is 4.22. The lowest BCUT2D eigenvalue weighted by Crippen LogP contribution is -2.45. The number of carbonyl (C=O) groups is 2. The topological polar surface area (TPSA) is 101 Å². The maximum Gasteiger partial charge on any atom is 0.399 e. The summed E-state index contributed by atoms with van der Waals surface area (Å²) in [7, 11) is 0. The van der Waals surface area contributed by atoms with Gasteiger partial charge in [0.25, 0.3) is 0 Å². The summed E-state index contributed by atoms with van der Waals surface area (Å²) in [5.74, 6) is -0.560. The number of nitrogens with one attached hydrogen (secondary N) is 1. The van der Waals surface area contributed by atoms with Gasteiger partial charge in [0.1, 0.15) is 11.5 Å². The van der Waals surface area contributed by atoms with Gasteiger partial charge >= 0.3 is 12.2 Å². The molecule has 162 valence electrons. The van der Waals surface area contributed by atoms with Gasteiger partial charge in [-0.05, 0) is 51.3 Å². The summed E-state index contributed by atoms with van der Waals surface area (Å²) in [6, 6.07) is 1.86. The Bertz CT molecular complexity index is 973. The van der Waals surface area contributed by atoms with Gasteiger partial charge in [0.05, 0.1) is 16.3 Å². The lowest BCUT2D eigenvalue weighted by Gasteiger charge is -2.27. The highest BCUT2D eigenvalue weighted by Gasteiger charge is 2.49. The number of primary amides is 1. The van der Waals surface area contributed by atoms with Crippen molar-refractivity contribution in [1.29, 1.82) is 0 Å². The van der Waals surface area contributed by atoms with E-state index in [1.807, 2.05) is 0 Å². The number of thiazole rings is 1. The third kappa shape index (κ3) is 4.11. The van der Waals surface area contributed by atoms with E-state index in [0.29, 0.717) is 35.5 Å². The summed E-state index contributed by atoms with van der Waals surface area (Å²) in [6.07, 6.45) is -1.93. The first kappa shape index (κ1) is 22.0. The number of rotatable bonds is 4. The van der Waals surface area contributed by atoms with Gasteiger partial charge in [-0.1, -0.05) is 11.3 Å². The summed E-state index contributed by atoms with van der Waals surface area (Å²) in [4.78, 5) is 34.2. The van der Waals surface area contributed by atoms with Crippen LogP contribution in [0.5, 0.6) is 0 Å². The van der Waals surface area contributed by atoms with Gasteiger partial charge in [0, 0.05) is 12.7 Å². The van der Waals surface area contributed by atoms with Gasteiger partial charge < -0.3 is 10.6 Å². The van der Waals surface area contributed by atoms with Crippen LogP contribution in [0.3, 0.4) is 0 Å². The molecule has 11 heteroatoms. The lowest BCUT2D eigenvalue weighted by atomic mass is 9.87. The lowest BCUT2D eigenvalue weighted by molar-refractivity contribution is -0.181. The van der Waals surface area contributed by atoms with Gasteiger partial charge in [0.2, 0.25) is 5.91 Å². The molecule has 1 atom stereocenters. The zero-order valence-electron chi connectivity index (χ0n) is 16.7. The largest absolute Gasteiger partial charge is 0.399 e. The Kier molecular flexibility index (Phi) is 5.76. The van der Waals surface area contributed by atoms with Crippen molar-refractivity contribution in [3.63, 3.8) is 0 Å². The van der Waals surface area contributed by atoms with Crippen molar-refractivity contribution in [1.82, 2.24) is 14.9 Å². The molecule has 0 aromatic carbocycles. The number of carbonyl (C=O) groups excluding carboxylic acids is 2. The second kappa shape index (κ2) is 7.86. The molecule has 30 heavy (non-hydrogen) atoms. The van der Waals surface area contributed by atoms with Crippen LogP contribution >= 0.6 is 11.3 Å². The van der Waals surface area contributed by atoms with Gasteiger partial charge in [-0.15, -0.1) is 0 Å². The van der Waals surface area contributed by atoms with Crippen LogP contribution in [0.4, 0.5) is 23.1 Å². The number of anilines is 1. The average Bonchev–Trinajstić information content (AvgIpc) is 3.28. The summed E-state index contributed by atoms with van der Waals surface area (Å²) >= 11 is 1.14. The molecule has 3 heterocycles. The molecule has 0 saturated carbocycles. The van der Waals surface area contributed by atoms with Crippen LogP contribution in [0.1, 0.15) is 38.1 Å². The van der Waals surface area contributed by atoms with Crippen LogP contribution in [0.25, 0.3) is 10.4 Å². The Morgan fingerprint density at radius 2 is 2.03 bits per heavy atom. The highest BCUT2D eigenvalue weighted by molar-refractivity contribution is 7.19. The van der Waals surface area contributed by atoms with E-state index in [2.05, 4.69) is 15.3 Å². The molecule has 2 aromatic heterocycles. The molecule has 2 aromatic rings. The van der Waals surface area contributed by atoms with Gasteiger partial charge in [-0.3, -0.25) is 15.1 Å². The molecule has 3 rings (SSSR count). The van der Waals surface area contributed by atoms with E-state index in [0.717, 1.165) is 25.2 Å². The molecule has 0 unspecified atom stereocenters. The predicted molar refractivity (Wildman–Crippen MR) is 107 cm³/mol. The highest BCUT2D eigenvalue weighted by Crippen LogP contribution is 2.41. The van der Waals surface area contributed by atoms with Crippen LogP contribution in [-0.4, -0.2) is 45.6 Å². The quantitative estimate of drug-likeness (QED) is 0.549. The SMILES string of the molecule is Cc1nc(NC(=O)[15N]2[13CH2][13CH2][13CH2][13C@H]2[13C](N)=O)sc1-c1ccnc(C(C)(C)C(F)(F)F)c1. The molecule has 3 amide bonds. The highest BCUT2D eigenvalue weighted by atomic mass is 32.1. The molecule has 1 aliphatic rings. The molecule has 0 bridgehead atoms. The number of alkyl halides is 3. The van der Waals surface area contributed by atoms with E-state index >= 15 is 0 Å². The second-order valence-corrected chi connectivity index (χ2v) is 8.67. The molecule has 0 spiro atoms. The number of hydrogen-bond donors (Lipinski definition) is 2. The van der Waals surface area contributed by atoms with Crippen LogP contribution in [0.2, 0.25) is 0 Å². The molecule has 1 fully saturated rings. The minimum Gasteiger partial charge on any atom is -0.368 e. The van der Waals surface area contributed by atoms with E-state index in [4.69, 9.17) is 5.73 Å².